The second-order valence-corrected chi connectivity index (χ2v) is 3.87. The highest BCUT2D eigenvalue weighted by Gasteiger charge is 2.14. The molecule has 0 amide bonds. The zero-order chi connectivity index (χ0) is 13.8. The maximum Gasteiger partial charge on any atom is 0.339 e. The van der Waals surface area contributed by atoms with Crippen LogP contribution in [0.2, 0.25) is 0 Å². The van der Waals surface area contributed by atoms with E-state index in [9.17, 15) is 4.79 Å². The molecule has 0 fully saturated rings. The van der Waals surface area contributed by atoms with Gasteiger partial charge in [-0.25, -0.2) is 9.78 Å². The molecule has 19 heavy (non-hydrogen) atoms. The van der Waals surface area contributed by atoms with Crippen LogP contribution in [0, 0.1) is 18.3 Å². The number of nitriles is 1. The summed E-state index contributed by atoms with van der Waals surface area (Å²) in [5, 5.41) is 18.0. The van der Waals surface area contributed by atoms with Crippen molar-refractivity contribution in [2.75, 3.05) is 0 Å². The first kappa shape index (κ1) is 12.6. The number of pyridine rings is 1. The summed E-state index contributed by atoms with van der Waals surface area (Å²) in [6.07, 6.45) is 1.47. The Morgan fingerprint density at radius 2 is 2.16 bits per heavy atom. The smallest absolute Gasteiger partial charge is 0.339 e. The Labute approximate surface area is 109 Å². The van der Waals surface area contributed by atoms with Gasteiger partial charge in [0.1, 0.15) is 17.4 Å². The summed E-state index contributed by atoms with van der Waals surface area (Å²) in [5.74, 6) is -0.667. The van der Waals surface area contributed by atoms with Crippen LogP contribution in [0.25, 0.3) is 0 Å². The van der Waals surface area contributed by atoms with Crippen molar-refractivity contribution in [1.82, 2.24) is 4.98 Å². The van der Waals surface area contributed by atoms with Gasteiger partial charge in [0, 0.05) is 6.20 Å². The number of carbonyl (C=O) groups is 1. The minimum atomic E-state index is -1.08. The average Bonchev–Trinajstić information content (AvgIpc) is 2.41. The van der Waals surface area contributed by atoms with Gasteiger partial charge in [0.15, 0.2) is 11.4 Å². The largest absolute Gasteiger partial charge is 0.478 e. The van der Waals surface area contributed by atoms with E-state index >= 15 is 0 Å². The third-order valence-electron chi connectivity index (χ3n) is 2.46. The molecule has 0 aliphatic carbocycles. The predicted octanol–water partition coefficient (Wildman–Crippen LogP) is 2.75. The summed E-state index contributed by atoms with van der Waals surface area (Å²) in [5.41, 5.74) is 0.976. The first-order valence-electron chi connectivity index (χ1n) is 5.48. The minimum Gasteiger partial charge on any atom is -0.478 e. The SMILES string of the molecule is Cc1ccc(Oc2cccnc2C#N)c(C(=O)O)c1. The van der Waals surface area contributed by atoms with Crippen molar-refractivity contribution in [3.63, 3.8) is 0 Å². The van der Waals surface area contributed by atoms with Crippen LogP contribution >= 0.6 is 0 Å². The van der Waals surface area contributed by atoms with Gasteiger partial charge in [0.25, 0.3) is 0 Å². The average molecular weight is 254 g/mol. The molecule has 1 N–H and O–H groups in total. The van der Waals surface area contributed by atoms with Crippen LogP contribution in [0.1, 0.15) is 21.6 Å². The molecule has 2 rings (SSSR count). The van der Waals surface area contributed by atoms with Gasteiger partial charge in [-0.2, -0.15) is 5.26 Å². The van der Waals surface area contributed by atoms with Gasteiger partial charge in [-0.15, -0.1) is 0 Å². The van der Waals surface area contributed by atoms with E-state index in [1.807, 2.05) is 6.07 Å². The van der Waals surface area contributed by atoms with E-state index in [0.29, 0.717) is 0 Å². The molecule has 1 aromatic carbocycles. The number of aromatic nitrogens is 1. The third-order valence-corrected chi connectivity index (χ3v) is 2.46. The molecule has 0 aliphatic heterocycles. The summed E-state index contributed by atoms with van der Waals surface area (Å²) >= 11 is 0. The molecule has 1 aromatic heterocycles. The minimum absolute atomic E-state index is 0.0488. The highest BCUT2D eigenvalue weighted by Crippen LogP contribution is 2.27. The molecule has 0 spiro atoms. The number of carboxylic acids is 1. The first-order chi connectivity index (χ1) is 9.11. The lowest BCUT2D eigenvalue weighted by Crippen LogP contribution is -2.01. The molecule has 0 radical (unpaired) electrons. The van der Waals surface area contributed by atoms with E-state index in [-0.39, 0.29) is 22.8 Å². The summed E-state index contributed by atoms with van der Waals surface area (Å²) in [6, 6.07) is 9.89. The van der Waals surface area contributed by atoms with E-state index < -0.39 is 5.97 Å². The molecular weight excluding hydrogens is 244 g/mol. The lowest BCUT2D eigenvalue weighted by atomic mass is 10.1. The summed E-state index contributed by atoms with van der Waals surface area (Å²) in [4.78, 5) is 15.0. The molecule has 0 bridgehead atoms. The first-order valence-corrected chi connectivity index (χ1v) is 5.48. The van der Waals surface area contributed by atoms with E-state index in [1.165, 1.54) is 12.3 Å². The highest BCUT2D eigenvalue weighted by molar-refractivity contribution is 5.91. The number of hydrogen-bond acceptors (Lipinski definition) is 4. The lowest BCUT2D eigenvalue weighted by Gasteiger charge is -2.09. The second-order valence-electron chi connectivity index (χ2n) is 3.87. The predicted molar refractivity (Wildman–Crippen MR) is 67.2 cm³/mol. The van der Waals surface area contributed by atoms with Gasteiger partial charge >= 0.3 is 5.97 Å². The van der Waals surface area contributed by atoms with Crippen LogP contribution in [-0.4, -0.2) is 16.1 Å². The summed E-state index contributed by atoms with van der Waals surface area (Å²) in [7, 11) is 0. The van der Waals surface area contributed by atoms with Gasteiger partial charge in [-0.1, -0.05) is 11.6 Å². The standard InChI is InChI=1S/C14H10N2O3/c1-9-4-5-12(10(7-9)14(17)18)19-13-3-2-6-16-11(13)8-15/h2-7H,1H3,(H,17,18). The fourth-order valence-electron chi connectivity index (χ4n) is 1.58. The van der Waals surface area contributed by atoms with Crippen molar-refractivity contribution in [3.05, 3.63) is 53.3 Å². The molecule has 0 saturated carbocycles. The zero-order valence-electron chi connectivity index (χ0n) is 10.1. The molecule has 0 atom stereocenters. The second kappa shape index (κ2) is 5.19. The molecule has 94 valence electrons. The molecule has 1 heterocycles. The Morgan fingerprint density at radius 3 is 2.84 bits per heavy atom. The van der Waals surface area contributed by atoms with Crippen LogP contribution < -0.4 is 4.74 Å². The van der Waals surface area contributed by atoms with Crippen molar-refractivity contribution in [1.29, 1.82) is 5.26 Å². The fraction of sp³-hybridized carbons (Fsp3) is 0.0714. The molecular formula is C14H10N2O3. The molecule has 2 aromatic rings. The van der Waals surface area contributed by atoms with Crippen molar-refractivity contribution in [3.8, 4) is 17.6 Å². The topological polar surface area (TPSA) is 83.2 Å². The van der Waals surface area contributed by atoms with Gasteiger partial charge in [-0.3, -0.25) is 0 Å². The molecule has 0 saturated heterocycles. The quantitative estimate of drug-likeness (QED) is 0.910. The molecule has 0 unspecified atom stereocenters. The lowest BCUT2D eigenvalue weighted by molar-refractivity contribution is 0.0694. The van der Waals surface area contributed by atoms with Gasteiger partial charge in [-0.05, 0) is 31.2 Å². The Morgan fingerprint density at radius 1 is 1.37 bits per heavy atom. The fourth-order valence-corrected chi connectivity index (χ4v) is 1.58. The number of benzene rings is 1. The van der Waals surface area contributed by atoms with Crippen molar-refractivity contribution in [2.24, 2.45) is 0 Å². The number of aryl methyl sites for hydroxylation is 1. The molecule has 0 aliphatic rings. The molecule has 5 nitrogen and oxygen atoms in total. The van der Waals surface area contributed by atoms with Crippen molar-refractivity contribution >= 4 is 5.97 Å². The maximum absolute atomic E-state index is 11.2. The monoisotopic (exact) mass is 254 g/mol. The van der Waals surface area contributed by atoms with Crippen LogP contribution in [0.15, 0.2) is 36.5 Å². The third kappa shape index (κ3) is 2.69. The van der Waals surface area contributed by atoms with Crippen molar-refractivity contribution < 1.29 is 14.6 Å². The Kier molecular flexibility index (Phi) is 3.44. The van der Waals surface area contributed by atoms with Crippen LogP contribution in [0.5, 0.6) is 11.5 Å². The number of rotatable bonds is 3. The van der Waals surface area contributed by atoms with E-state index in [4.69, 9.17) is 15.1 Å². The Bertz CT molecular complexity index is 675. The number of hydrogen-bond donors (Lipinski definition) is 1. The maximum atomic E-state index is 11.2. The number of carboxylic acid groups (broad SMARTS) is 1. The van der Waals surface area contributed by atoms with E-state index in [0.717, 1.165) is 5.56 Å². The van der Waals surface area contributed by atoms with Gasteiger partial charge in [0.05, 0.1) is 0 Å². The molecule has 5 heteroatoms. The van der Waals surface area contributed by atoms with Crippen LogP contribution in [0.3, 0.4) is 0 Å². The highest BCUT2D eigenvalue weighted by atomic mass is 16.5. The zero-order valence-corrected chi connectivity index (χ0v) is 10.1. The van der Waals surface area contributed by atoms with Gasteiger partial charge in [0.2, 0.25) is 0 Å². The summed E-state index contributed by atoms with van der Waals surface area (Å²) in [6.45, 7) is 1.79. The van der Waals surface area contributed by atoms with Crippen LogP contribution in [-0.2, 0) is 0 Å². The van der Waals surface area contributed by atoms with E-state index in [1.54, 1.807) is 31.2 Å². The van der Waals surface area contributed by atoms with Crippen LogP contribution in [0.4, 0.5) is 0 Å². The Balaban J connectivity index is 2.44. The number of aromatic carboxylic acids is 1. The number of ether oxygens (including phenoxy) is 1. The normalized spacial score (nSPS) is 9.68. The van der Waals surface area contributed by atoms with Gasteiger partial charge < -0.3 is 9.84 Å². The summed E-state index contributed by atoms with van der Waals surface area (Å²) < 4.78 is 5.48. The Hall–Kier alpha value is -2.87. The van der Waals surface area contributed by atoms with Crippen molar-refractivity contribution in [2.45, 2.75) is 6.92 Å². The van der Waals surface area contributed by atoms with E-state index in [2.05, 4.69) is 4.98 Å². The number of nitrogens with zero attached hydrogens (tertiary/aromatic N) is 2.